The third kappa shape index (κ3) is 4.32. The molecule has 1 N–H and O–H groups in total. The molecule has 3 rings (SSSR count). The van der Waals surface area contributed by atoms with E-state index in [9.17, 15) is 14.4 Å². The van der Waals surface area contributed by atoms with Crippen LogP contribution in [0.2, 0.25) is 0 Å². The Morgan fingerprint density at radius 2 is 1.72 bits per heavy atom. The third-order valence-corrected chi connectivity index (χ3v) is 4.12. The van der Waals surface area contributed by atoms with Crippen LogP contribution in [0.25, 0.3) is 0 Å². The van der Waals surface area contributed by atoms with Gasteiger partial charge >= 0.3 is 0 Å². The van der Waals surface area contributed by atoms with Crippen molar-refractivity contribution in [2.75, 3.05) is 18.4 Å². The van der Waals surface area contributed by atoms with Gasteiger partial charge in [0, 0.05) is 24.8 Å². The number of aromatic nitrogens is 2. The lowest BCUT2D eigenvalue weighted by Crippen LogP contribution is -2.40. The van der Waals surface area contributed by atoms with Crippen molar-refractivity contribution < 1.29 is 9.59 Å². The molecule has 25 heavy (non-hydrogen) atoms. The lowest BCUT2D eigenvalue weighted by atomic mass is 10.1. The van der Waals surface area contributed by atoms with Gasteiger partial charge in [-0.05, 0) is 37.5 Å². The Morgan fingerprint density at radius 3 is 2.44 bits per heavy atom. The molecule has 1 aromatic heterocycles. The molecule has 1 fully saturated rings. The average molecular weight is 340 g/mol. The maximum Gasteiger partial charge on any atom is 0.276 e. The highest BCUT2D eigenvalue weighted by molar-refractivity contribution is 6.02. The minimum atomic E-state index is -0.426. The van der Waals surface area contributed by atoms with E-state index in [4.69, 9.17) is 0 Å². The van der Waals surface area contributed by atoms with Crippen molar-refractivity contribution >= 4 is 17.5 Å². The molecule has 0 radical (unpaired) electrons. The monoisotopic (exact) mass is 340 g/mol. The van der Waals surface area contributed by atoms with E-state index in [0.29, 0.717) is 18.8 Å². The predicted molar refractivity (Wildman–Crippen MR) is 93.3 cm³/mol. The Hall–Kier alpha value is -2.96. The van der Waals surface area contributed by atoms with Crippen molar-refractivity contribution in [3.05, 3.63) is 58.5 Å². The molecule has 0 saturated carbocycles. The summed E-state index contributed by atoms with van der Waals surface area (Å²) in [6, 6.07) is 11.6. The van der Waals surface area contributed by atoms with E-state index >= 15 is 0 Å². The highest BCUT2D eigenvalue weighted by Gasteiger charge is 2.18. The fourth-order valence-corrected chi connectivity index (χ4v) is 2.77. The number of benzene rings is 1. The Labute approximate surface area is 145 Å². The molecule has 2 heterocycles. The van der Waals surface area contributed by atoms with Gasteiger partial charge in [0.05, 0.1) is 0 Å². The predicted octanol–water partition coefficient (Wildman–Crippen LogP) is 1.51. The van der Waals surface area contributed by atoms with E-state index < -0.39 is 11.5 Å². The number of piperidine rings is 1. The number of rotatable bonds is 4. The smallest absolute Gasteiger partial charge is 0.276 e. The molecule has 7 nitrogen and oxygen atoms in total. The van der Waals surface area contributed by atoms with E-state index in [1.165, 1.54) is 12.1 Å². The van der Waals surface area contributed by atoms with Crippen molar-refractivity contribution in [1.82, 2.24) is 14.7 Å². The van der Waals surface area contributed by atoms with Crippen molar-refractivity contribution in [2.24, 2.45) is 0 Å². The Kier molecular flexibility index (Phi) is 5.23. The van der Waals surface area contributed by atoms with Crippen LogP contribution in [0.1, 0.15) is 29.8 Å². The molecule has 2 aromatic rings. The van der Waals surface area contributed by atoms with Crippen molar-refractivity contribution in [3.8, 4) is 0 Å². The first-order valence-corrected chi connectivity index (χ1v) is 8.36. The molecule has 0 aliphatic carbocycles. The molecule has 1 saturated heterocycles. The van der Waals surface area contributed by atoms with E-state index in [1.54, 1.807) is 29.2 Å². The van der Waals surface area contributed by atoms with E-state index in [2.05, 4.69) is 10.4 Å². The largest absolute Gasteiger partial charge is 0.341 e. The van der Waals surface area contributed by atoms with E-state index in [0.717, 1.165) is 23.9 Å². The fraction of sp³-hybridized carbons (Fsp3) is 0.333. The molecule has 1 aromatic carbocycles. The van der Waals surface area contributed by atoms with Crippen LogP contribution in [0.4, 0.5) is 5.69 Å². The van der Waals surface area contributed by atoms with Crippen LogP contribution in [0.3, 0.4) is 0 Å². The van der Waals surface area contributed by atoms with E-state index in [1.807, 2.05) is 6.07 Å². The van der Waals surface area contributed by atoms with Crippen LogP contribution < -0.4 is 10.9 Å². The van der Waals surface area contributed by atoms with Crippen LogP contribution in [-0.4, -0.2) is 39.6 Å². The number of nitrogens with zero attached hydrogens (tertiary/aromatic N) is 3. The summed E-state index contributed by atoms with van der Waals surface area (Å²) in [6.45, 7) is 1.27. The molecule has 0 unspecified atom stereocenters. The summed E-state index contributed by atoms with van der Waals surface area (Å²) in [4.78, 5) is 38.3. The van der Waals surface area contributed by atoms with Crippen LogP contribution >= 0.6 is 0 Å². The second-order valence-corrected chi connectivity index (χ2v) is 5.98. The average Bonchev–Trinajstić information content (AvgIpc) is 2.65. The number of anilines is 1. The summed E-state index contributed by atoms with van der Waals surface area (Å²) in [5.74, 6) is -0.569. The molecular formula is C18H20N4O3. The highest BCUT2D eigenvalue weighted by Crippen LogP contribution is 2.09. The minimum absolute atomic E-state index is 0.0925. The van der Waals surface area contributed by atoms with Crippen molar-refractivity contribution in [1.29, 1.82) is 0 Å². The van der Waals surface area contributed by atoms with Gasteiger partial charge in [0.1, 0.15) is 12.2 Å². The number of carbonyl (C=O) groups is 2. The molecule has 0 atom stereocenters. The summed E-state index contributed by atoms with van der Waals surface area (Å²) in [5, 5.41) is 6.76. The summed E-state index contributed by atoms with van der Waals surface area (Å²) in [6.07, 6.45) is 3.08. The standard InChI is InChI=1S/C18H20N4O3/c23-16-10-9-15(18(25)19-14-7-3-1-4-8-14)20-22(16)13-17(24)21-11-5-2-6-12-21/h1,3-4,7-10H,2,5-6,11-13H2,(H,19,25). The molecular weight excluding hydrogens is 320 g/mol. The number of para-hydroxylation sites is 1. The number of hydrogen-bond donors (Lipinski definition) is 1. The number of likely N-dealkylation sites (tertiary alicyclic amines) is 1. The molecule has 2 amide bonds. The molecule has 7 heteroatoms. The Balaban J connectivity index is 1.72. The van der Waals surface area contributed by atoms with Gasteiger partial charge in [0.15, 0.2) is 0 Å². The first-order chi connectivity index (χ1) is 12.1. The quantitative estimate of drug-likeness (QED) is 0.914. The van der Waals surface area contributed by atoms with Gasteiger partial charge in [-0.2, -0.15) is 5.10 Å². The van der Waals surface area contributed by atoms with E-state index in [-0.39, 0.29) is 18.1 Å². The number of hydrogen-bond acceptors (Lipinski definition) is 4. The van der Waals surface area contributed by atoms with Crippen LogP contribution in [0, 0.1) is 0 Å². The Bertz CT molecular complexity index is 811. The van der Waals surface area contributed by atoms with Gasteiger partial charge in [0.2, 0.25) is 5.91 Å². The fourth-order valence-electron chi connectivity index (χ4n) is 2.77. The van der Waals surface area contributed by atoms with Gasteiger partial charge in [-0.15, -0.1) is 0 Å². The van der Waals surface area contributed by atoms with Gasteiger partial charge in [-0.1, -0.05) is 18.2 Å². The third-order valence-electron chi connectivity index (χ3n) is 4.12. The maximum atomic E-state index is 12.3. The summed E-state index contributed by atoms with van der Waals surface area (Å²) >= 11 is 0. The molecule has 1 aliphatic heterocycles. The first-order valence-electron chi connectivity index (χ1n) is 8.36. The lowest BCUT2D eigenvalue weighted by Gasteiger charge is -2.26. The summed E-state index contributed by atoms with van der Waals surface area (Å²) < 4.78 is 1.05. The zero-order chi connectivity index (χ0) is 17.6. The number of nitrogens with one attached hydrogen (secondary N) is 1. The highest BCUT2D eigenvalue weighted by atomic mass is 16.2. The van der Waals surface area contributed by atoms with Crippen LogP contribution in [0.5, 0.6) is 0 Å². The van der Waals surface area contributed by atoms with Crippen LogP contribution in [0.15, 0.2) is 47.3 Å². The second kappa shape index (κ2) is 7.74. The number of amides is 2. The van der Waals surface area contributed by atoms with Gasteiger partial charge in [-0.25, -0.2) is 4.68 Å². The number of carbonyl (C=O) groups excluding carboxylic acids is 2. The first kappa shape index (κ1) is 16.9. The SMILES string of the molecule is O=C(Nc1ccccc1)c1ccc(=O)n(CC(=O)N2CCCCC2)n1. The minimum Gasteiger partial charge on any atom is -0.341 e. The molecule has 0 spiro atoms. The lowest BCUT2D eigenvalue weighted by molar-refractivity contribution is -0.133. The topological polar surface area (TPSA) is 84.3 Å². The van der Waals surface area contributed by atoms with Gasteiger partial charge in [-0.3, -0.25) is 14.4 Å². The van der Waals surface area contributed by atoms with Gasteiger partial charge < -0.3 is 10.2 Å². The summed E-state index contributed by atoms with van der Waals surface area (Å²) in [5.41, 5.74) is 0.327. The molecule has 0 bridgehead atoms. The molecule has 130 valence electrons. The zero-order valence-electron chi connectivity index (χ0n) is 13.9. The molecule has 1 aliphatic rings. The Morgan fingerprint density at radius 1 is 1.00 bits per heavy atom. The van der Waals surface area contributed by atoms with Crippen molar-refractivity contribution in [3.63, 3.8) is 0 Å². The summed E-state index contributed by atoms with van der Waals surface area (Å²) in [7, 11) is 0. The van der Waals surface area contributed by atoms with Crippen LogP contribution in [-0.2, 0) is 11.3 Å². The van der Waals surface area contributed by atoms with Crippen molar-refractivity contribution in [2.45, 2.75) is 25.8 Å². The normalized spacial score (nSPS) is 14.2. The zero-order valence-corrected chi connectivity index (χ0v) is 13.9. The maximum absolute atomic E-state index is 12.3. The van der Waals surface area contributed by atoms with Gasteiger partial charge in [0.25, 0.3) is 11.5 Å². The second-order valence-electron chi connectivity index (χ2n) is 5.98.